The van der Waals surface area contributed by atoms with Crippen molar-refractivity contribution in [2.45, 2.75) is 13.0 Å². The Bertz CT molecular complexity index is 379. The van der Waals surface area contributed by atoms with Gasteiger partial charge in [0.05, 0.1) is 11.0 Å². The van der Waals surface area contributed by atoms with Gasteiger partial charge in [-0.25, -0.2) is 4.39 Å². The molecule has 5 nitrogen and oxygen atoms in total. The third-order valence-corrected chi connectivity index (χ3v) is 1.78. The van der Waals surface area contributed by atoms with Gasteiger partial charge in [-0.15, -0.1) is 0 Å². The Hall–Kier alpha value is -1.69. The molecule has 1 aromatic rings. The number of nitro groups is 1. The first-order valence-corrected chi connectivity index (χ1v) is 3.86. The summed E-state index contributed by atoms with van der Waals surface area (Å²) < 4.78 is 13.0. The van der Waals surface area contributed by atoms with Crippen LogP contribution in [0.3, 0.4) is 0 Å². The summed E-state index contributed by atoms with van der Waals surface area (Å²) in [5.74, 6) is -1.67. The van der Waals surface area contributed by atoms with Crippen molar-refractivity contribution in [1.82, 2.24) is 0 Å². The van der Waals surface area contributed by atoms with Crippen LogP contribution in [0.4, 0.5) is 10.1 Å². The van der Waals surface area contributed by atoms with Gasteiger partial charge in [0.15, 0.2) is 11.6 Å². The zero-order valence-corrected chi connectivity index (χ0v) is 7.40. The second-order valence-electron chi connectivity index (χ2n) is 2.91. The molecular weight excluding hydrogens is 191 g/mol. The van der Waals surface area contributed by atoms with Gasteiger partial charge in [0, 0.05) is 17.7 Å². The number of hydrogen-bond acceptors (Lipinski definition) is 4. The molecule has 0 fully saturated rings. The van der Waals surface area contributed by atoms with Crippen molar-refractivity contribution < 1.29 is 14.4 Å². The van der Waals surface area contributed by atoms with Crippen molar-refractivity contribution in [3.63, 3.8) is 0 Å². The van der Waals surface area contributed by atoms with E-state index in [-0.39, 0.29) is 5.56 Å². The van der Waals surface area contributed by atoms with E-state index in [1.165, 1.54) is 6.92 Å². The van der Waals surface area contributed by atoms with E-state index in [4.69, 9.17) is 5.73 Å². The Morgan fingerprint density at radius 3 is 2.64 bits per heavy atom. The third-order valence-electron chi connectivity index (χ3n) is 1.78. The van der Waals surface area contributed by atoms with Crippen LogP contribution in [-0.2, 0) is 0 Å². The number of benzene rings is 1. The smallest absolute Gasteiger partial charge is 0.272 e. The Labute approximate surface area is 79.1 Å². The molecule has 14 heavy (non-hydrogen) atoms. The number of nitrogens with two attached hydrogens (primary N) is 1. The highest BCUT2D eigenvalue weighted by Gasteiger charge is 2.17. The molecule has 1 aromatic carbocycles. The number of hydrogen-bond donors (Lipinski definition) is 2. The van der Waals surface area contributed by atoms with E-state index < -0.39 is 28.2 Å². The lowest BCUT2D eigenvalue weighted by molar-refractivity contribution is -0.385. The van der Waals surface area contributed by atoms with E-state index in [9.17, 15) is 19.6 Å². The highest BCUT2D eigenvalue weighted by Crippen LogP contribution is 2.30. The van der Waals surface area contributed by atoms with E-state index in [2.05, 4.69) is 0 Å². The monoisotopic (exact) mass is 200 g/mol. The molecule has 0 spiro atoms. The minimum atomic E-state index is -1.04. The van der Waals surface area contributed by atoms with Crippen LogP contribution in [0.2, 0.25) is 0 Å². The number of halogens is 1. The second kappa shape index (κ2) is 3.59. The zero-order valence-electron chi connectivity index (χ0n) is 7.40. The first-order chi connectivity index (χ1) is 6.43. The number of rotatable bonds is 2. The summed E-state index contributed by atoms with van der Waals surface area (Å²) in [6.45, 7) is 1.50. The zero-order chi connectivity index (χ0) is 10.9. The van der Waals surface area contributed by atoms with Crippen LogP contribution in [-0.4, -0.2) is 10.0 Å². The van der Waals surface area contributed by atoms with E-state index in [0.717, 1.165) is 6.07 Å². The number of non-ortho nitro benzene ring substituents is 1. The SMILES string of the molecule is C[C@H](N)c1cc([N+](=O)[O-])cc(F)c1O. The topological polar surface area (TPSA) is 89.4 Å². The number of phenolic OH excluding ortho intramolecular Hbond substituents is 1. The van der Waals surface area contributed by atoms with E-state index in [1.54, 1.807) is 0 Å². The average Bonchev–Trinajstić information content (AvgIpc) is 2.08. The third kappa shape index (κ3) is 1.80. The summed E-state index contributed by atoms with van der Waals surface area (Å²) in [4.78, 5) is 9.61. The fourth-order valence-corrected chi connectivity index (χ4v) is 1.06. The Morgan fingerprint density at radius 2 is 2.21 bits per heavy atom. The minimum Gasteiger partial charge on any atom is -0.505 e. The number of phenols is 1. The first-order valence-electron chi connectivity index (χ1n) is 3.86. The molecule has 0 unspecified atom stereocenters. The molecule has 0 aliphatic rings. The van der Waals surface area contributed by atoms with Crippen LogP contribution in [0.15, 0.2) is 12.1 Å². The van der Waals surface area contributed by atoms with Crippen molar-refractivity contribution in [2.75, 3.05) is 0 Å². The molecule has 0 aliphatic carbocycles. The van der Waals surface area contributed by atoms with Gasteiger partial charge in [0.2, 0.25) is 0 Å². The van der Waals surface area contributed by atoms with Crippen molar-refractivity contribution in [3.05, 3.63) is 33.6 Å². The van der Waals surface area contributed by atoms with Crippen molar-refractivity contribution in [3.8, 4) is 5.75 Å². The maximum Gasteiger partial charge on any atom is 0.272 e. The fourth-order valence-electron chi connectivity index (χ4n) is 1.06. The molecule has 76 valence electrons. The van der Waals surface area contributed by atoms with Crippen LogP contribution in [0, 0.1) is 15.9 Å². The largest absolute Gasteiger partial charge is 0.505 e. The Balaban J connectivity index is 3.35. The molecule has 0 saturated carbocycles. The lowest BCUT2D eigenvalue weighted by Gasteiger charge is -2.08. The quantitative estimate of drug-likeness (QED) is 0.558. The summed E-state index contributed by atoms with van der Waals surface area (Å²) in [6.07, 6.45) is 0. The predicted octanol–water partition coefficient (Wildman–Crippen LogP) is 1.46. The maximum absolute atomic E-state index is 13.0. The molecule has 3 N–H and O–H groups in total. The van der Waals surface area contributed by atoms with Crippen LogP contribution < -0.4 is 5.73 Å². The van der Waals surface area contributed by atoms with Crippen molar-refractivity contribution in [1.29, 1.82) is 0 Å². The van der Waals surface area contributed by atoms with E-state index >= 15 is 0 Å². The molecule has 0 radical (unpaired) electrons. The van der Waals surface area contributed by atoms with Gasteiger partial charge >= 0.3 is 0 Å². The van der Waals surface area contributed by atoms with Gasteiger partial charge in [-0.05, 0) is 6.92 Å². The molecule has 1 atom stereocenters. The van der Waals surface area contributed by atoms with Crippen LogP contribution >= 0.6 is 0 Å². The Morgan fingerprint density at radius 1 is 1.64 bits per heavy atom. The van der Waals surface area contributed by atoms with E-state index in [0.29, 0.717) is 6.07 Å². The summed E-state index contributed by atoms with van der Waals surface area (Å²) in [5, 5.41) is 19.6. The fraction of sp³-hybridized carbons (Fsp3) is 0.250. The molecular formula is C8H9FN2O3. The molecule has 0 saturated heterocycles. The maximum atomic E-state index is 13.0. The van der Waals surface area contributed by atoms with E-state index in [1.807, 2.05) is 0 Å². The van der Waals surface area contributed by atoms with Gasteiger partial charge in [-0.1, -0.05) is 0 Å². The lowest BCUT2D eigenvalue weighted by Crippen LogP contribution is -2.06. The highest BCUT2D eigenvalue weighted by molar-refractivity contribution is 5.45. The van der Waals surface area contributed by atoms with Gasteiger partial charge in [-0.2, -0.15) is 0 Å². The Kier molecular flexibility index (Phi) is 2.66. The molecule has 0 heterocycles. The van der Waals surface area contributed by atoms with Gasteiger partial charge in [0.25, 0.3) is 5.69 Å². The van der Waals surface area contributed by atoms with Crippen LogP contribution in [0.1, 0.15) is 18.5 Å². The van der Waals surface area contributed by atoms with Crippen LogP contribution in [0.5, 0.6) is 5.75 Å². The molecule has 0 aromatic heterocycles. The standard InChI is InChI=1S/C8H9FN2O3/c1-4(10)6-2-5(11(13)14)3-7(9)8(6)12/h2-4,12H,10H2,1H3/t4-/m0/s1. The normalized spacial score (nSPS) is 12.5. The second-order valence-corrected chi connectivity index (χ2v) is 2.91. The molecule has 0 aliphatic heterocycles. The summed E-state index contributed by atoms with van der Waals surface area (Å²) >= 11 is 0. The van der Waals surface area contributed by atoms with Gasteiger partial charge in [0.1, 0.15) is 0 Å². The van der Waals surface area contributed by atoms with Crippen LogP contribution in [0.25, 0.3) is 0 Å². The summed E-state index contributed by atoms with van der Waals surface area (Å²) in [6, 6.07) is 1.05. The molecule has 6 heteroatoms. The van der Waals surface area contributed by atoms with Crippen molar-refractivity contribution >= 4 is 5.69 Å². The van der Waals surface area contributed by atoms with Crippen molar-refractivity contribution in [2.24, 2.45) is 5.73 Å². The van der Waals surface area contributed by atoms with Gasteiger partial charge < -0.3 is 10.8 Å². The highest BCUT2D eigenvalue weighted by atomic mass is 19.1. The number of nitrogens with zero attached hydrogens (tertiary/aromatic N) is 1. The lowest BCUT2D eigenvalue weighted by atomic mass is 10.1. The molecule has 1 rings (SSSR count). The minimum absolute atomic E-state index is 0.0247. The predicted molar refractivity (Wildman–Crippen MR) is 47.3 cm³/mol. The molecule has 0 amide bonds. The number of nitro benzene ring substituents is 1. The first kappa shape index (κ1) is 10.4. The number of aromatic hydroxyl groups is 1. The summed E-state index contributed by atoms with van der Waals surface area (Å²) in [7, 11) is 0. The average molecular weight is 200 g/mol. The van der Waals surface area contributed by atoms with Gasteiger partial charge in [-0.3, -0.25) is 10.1 Å². The molecule has 0 bridgehead atoms. The summed E-state index contributed by atoms with van der Waals surface area (Å²) in [5.41, 5.74) is 5.00.